The van der Waals surface area contributed by atoms with E-state index < -0.39 is 0 Å². The Labute approximate surface area is 74.2 Å². The van der Waals surface area contributed by atoms with E-state index in [-0.39, 0.29) is 0 Å². The van der Waals surface area contributed by atoms with Crippen LogP contribution < -0.4 is 0 Å². The Morgan fingerprint density at radius 1 is 1.27 bits per heavy atom. The van der Waals surface area contributed by atoms with Gasteiger partial charge in [-0.2, -0.15) is 0 Å². The molecule has 0 saturated carbocycles. The number of hydrogen-bond acceptors (Lipinski definition) is 0. The van der Waals surface area contributed by atoms with Gasteiger partial charge in [0.1, 0.15) is 0 Å². The molecule has 0 fully saturated rings. The van der Waals surface area contributed by atoms with Gasteiger partial charge in [-0.1, -0.05) is 0 Å². The van der Waals surface area contributed by atoms with Gasteiger partial charge in [0.05, 0.1) is 0 Å². The van der Waals surface area contributed by atoms with E-state index >= 15 is 0 Å². The van der Waals surface area contributed by atoms with Gasteiger partial charge in [-0.05, 0) is 0 Å². The van der Waals surface area contributed by atoms with Gasteiger partial charge < -0.3 is 0 Å². The summed E-state index contributed by atoms with van der Waals surface area (Å²) in [4.78, 5) is 0.956. The molecule has 0 radical (unpaired) electrons. The van der Waals surface area contributed by atoms with Crippen LogP contribution in [0.15, 0.2) is 24.3 Å². The Bertz CT molecular complexity index is 255. The molecule has 0 bridgehead atoms. The molecule has 0 nitrogen and oxygen atoms in total. The van der Waals surface area contributed by atoms with Crippen molar-refractivity contribution >= 4 is 15.0 Å². The van der Waals surface area contributed by atoms with Crippen molar-refractivity contribution in [2.45, 2.75) is 23.5 Å². The van der Waals surface area contributed by atoms with Crippen LogP contribution in [0.3, 0.4) is 0 Å². The third-order valence-electron chi connectivity index (χ3n) is 2.15. The molecule has 0 saturated heterocycles. The normalized spacial score (nSPS) is 22.8. The van der Waals surface area contributed by atoms with E-state index in [1.807, 2.05) is 0 Å². The summed E-state index contributed by atoms with van der Waals surface area (Å²) in [5.41, 5.74) is 3.19. The second-order valence-corrected chi connectivity index (χ2v) is 6.09. The SMILES string of the molecule is CC1Cc2ccccc2C[Se]1. The number of rotatable bonds is 0. The van der Waals surface area contributed by atoms with Crippen molar-refractivity contribution in [2.24, 2.45) is 0 Å². The van der Waals surface area contributed by atoms with E-state index in [0.29, 0.717) is 0 Å². The van der Waals surface area contributed by atoms with E-state index in [1.165, 1.54) is 11.7 Å². The van der Waals surface area contributed by atoms with Crippen molar-refractivity contribution in [3.63, 3.8) is 0 Å². The summed E-state index contributed by atoms with van der Waals surface area (Å²) in [6, 6.07) is 8.87. The van der Waals surface area contributed by atoms with Crippen LogP contribution in [0.25, 0.3) is 0 Å². The predicted octanol–water partition coefficient (Wildman–Crippen LogP) is 2.26. The molecule has 1 heterocycles. The average Bonchev–Trinajstić information content (AvgIpc) is 2.04. The Kier molecular flexibility index (Phi) is 2.02. The molecule has 1 aromatic rings. The fourth-order valence-electron chi connectivity index (χ4n) is 1.50. The Balaban J connectivity index is 2.34. The Morgan fingerprint density at radius 3 is 2.82 bits per heavy atom. The monoisotopic (exact) mass is 212 g/mol. The van der Waals surface area contributed by atoms with Crippen LogP contribution in [-0.4, -0.2) is 15.0 Å². The fraction of sp³-hybridized carbons (Fsp3) is 0.400. The summed E-state index contributed by atoms with van der Waals surface area (Å²) in [7, 11) is 0. The summed E-state index contributed by atoms with van der Waals surface area (Å²) in [6.45, 7) is 2.37. The molecule has 1 aliphatic rings. The molecule has 0 spiro atoms. The molecule has 1 unspecified atom stereocenters. The van der Waals surface area contributed by atoms with E-state index in [2.05, 4.69) is 31.2 Å². The van der Waals surface area contributed by atoms with E-state index in [1.54, 1.807) is 11.1 Å². The zero-order chi connectivity index (χ0) is 7.68. The Morgan fingerprint density at radius 2 is 2.00 bits per heavy atom. The Hall–Kier alpha value is -0.261. The number of benzene rings is 1. The van der Waals surface area contributed by atoms with Gasteiger partial charge in [0.25, 0.3) is 0 Å². The maximum absolute atomic E-state index is 2.37. The minimum absolute atomic E-state index is 0.856. The fourth-order valence-corrected chi connectivity index (χ4v) is 3.69. The third kappa shape index (κ3) is 1.50. The quantitative estimate of drug-likeness (QED) is 0.577. The van der Waals surface area contributed by atoms with Crippen LogP contribution in [0.4, 0.5) is 0 Å². The van der Waals surface area contributed by atoms with Gasteiger partial charge in [0.15, 0.2) is 0 Å². The molecular weight excluding hydrogens is 199 g/mol. The van der Waals surface area contributed by atoms with Crippen LogP contribution in [-0.2, 0) is 11.7 Å². The first-order valence-electron chi connectivity index (χ1n) is 4.04. The van der Waals surface area contributed by atoms with Gasteiger partial charge in [0.2, 0.25) is 0 Å². The molecule has 11 heavy (non-hydrogen) atoms. The van der Waals surface area contributed by atoms with Gasteiger partial charge in [-0.25, -0.2) is 0 Å². The molecule has 0 N–H and O–H groups in total. The second-order valence-electron chi connectivity index (χ2n) is 3.09. The number of fused-ring (bicyclic) bond motifs is 1. The topological polar surface area (TPSA) is 0 Å². The van der Waals surface area contributed by atoms with Crippen molar-refractivity contribution in [1.82, 2.24) is 0 Å². The summed E-state index contributed by atoms with van der Waals surface area (Å²) in [5, 5.41) is 1.35. The second kappa shape index (κ2) is 3.00. The first-order valence-corrected chi connectivity index (χ1v) is 6.24. The summed E-state index contributed by atoms with van der Waals surface area (Å²) in [5.74, 6) is 0. The molecule has 0 amide bonds. The predicted molar refractivity (Wildman–Crippen MR) is 49.0 cm³/mol. The zero-order valence-electron chi connectivity index (χ0n) is 6.71. The third-order valence-corrected chi connectivity index (χ3v) is 4.69. The minimum atomic E-state index is 0.856. The van der Waals surface area contributed by atoms with Gasteiger partial charge >= 0.3 is 73.8 Å². The van der Waals surface area contributed by atoms with Crippen LogP contribution in [0, 0.1) is 0 Å². The van der Waals surface area contributed by atoms with Crippen molar-refractivity contribution in [1.29, 1.82) is 0 Å². The van der Waals surface area contributed by atoms with Crippen molar-refractivity contribution in [3.8, 4) is 0 Å². The molecular formula is C10H12Se. The van der Waals surface area contributed by atoms with Crippen LogP contribution in [0.1, 0.15) is 18.1 Å². The maximum atomic E-state index is 2.37. The first kappa shape index (κ1) is 7.39. The molecule has 1 aliphatic heterocycles. The molecule has 2 rings (SSSR count). The van der Waals surface area contributed by atoms with Crippen molar-refractivity contribution < 1.29 is 0 Å². The van der Waals surface area contributed by atoms with Crippen molar-refractivity contribution in [2.75, 3.05) is 0 Å². The average molecular weight is 211 g/mol. The van der Waals surface area contributed by atoms with Crippen LogP contribution >= 0.6 is 0 Å². The van der Waals surface area contributed by atoms with Gasteiger partial charge in [0, 0.05) is 0 Å². The van der Waals surface area contributed by atoms with E-state index in [0.717, 1.165) is 19.8 Å². The van der Waals surface area contributed by atoms with Gasteiger partial charge in [-0.3, -0.25) is 0 Å². The molecule has 58 valence electrons. The summed E-state index contributed by atoms with van der Waals surface area (Å²) in [6.07, 6.45) is 1.32. The van der Waals surface area contributed by atoms with Crippen molar-refractivity contribution in [3.05, 3.63) is 35.4 Å². The summed E-state index contributed by atoms with van der Waals surface area (Å²) < 4.78 is 0. The molecule has 1 heteroatoms. The molecule has 0 aliphatic carbocycles. The van der Waals surface area contributed by atoms with Gasteiger partial charge in [-0.15, -0.1) is 0 Å². The van der Waals surface area contributed by atoms with E-state index in [4.69, 9.17) is 0 Å². The molecule has 1 aromatic carbocycles. The zero-order valence-corrected chi connectivity index (χ0v) is 8.42. The van der Waals surface area contributed by atoms with E-state index in [9.17, 15) is 0 Å². The first-order chi connectivity index (χ1) is 5.36. The number of hydrogen-bond donors (Lipinski definition) is 0. The molecule has 1 atom stereocenters. The van der Waals surface area contributed by atoms with Crippen LogP contribution in [0.5, 0.6) is 0 Å². The summed E-state index contributed by atoms with van der Waals surface area (Å²) >= 11 is 0.856. The van der Waals surface area contributed by atoms with Crippen LogP contribution in [0.2, 0.25) is 4.82 Å². The molecule has 0 aromatic heterocycles. The standard InChI is InChI=1S/C10H12Se/c1-8-6-9-4-2-3-5-10(9)7-11-8/h2-5,8H,6-7H2,1H3.